The largest absolute Gasteiger partial charge is 0.461 e. The van der Waals surface area contributed by atoms with Crippen molar-refractivity contribution in [3.05, 3.63) is 64.1 Å². The van der Waals surface area contributed by atoms with Crippen LogP contribution in [0.4, 0.5) is 0 Å². The highest BCUT2D eigenvalue weighted by Gasteiger charge is 2.14. The lowest BCUT2D eigenvalue weighted by atomic mass is 10.1. The van der Waals surface area contributed by atoms with E-state index in [0.717, 1.165) is 15.6 Å². The SMILES string of the molecule is Cc1ccccc1COC(=O)CCNS(=O)(=O)c1ccc(Br)cc1. The number of nitrogens with one attached hydrogen (secondary N) is 1. The topological polar surface area (TPSA) is 72.5 Å². The highest BCUT2D eigenvalue weighted by atomic mass is 79.9. The Labute approximate surface area is 150 Å². The first-order chi connectivity index (χ1) is 11.4. The van der Waals surface area contributed by atoms with Gasteiger partial charge in [-0.25, -0.2) is 13.1 Å². The van der Waals surface area contributed by atoms with Crippen LogP contribution in [-0.4, -0.2) is 20.9 Å². The number of carbonyl (C=O) groups is 1. The summed E-state index contributed by atoms with van der Waals surface area (Å²) >= 11 is 3.25. The van der Waals surface area contributed by atoms with Gasteiger partial charge < -0.3 is 4.74 Å². The lowest BCUT2D eigenvalue weighted by Gasteiger charge is -2.09. The number of ether oxygens (including phenoxy) is 1. The average molecular weight is 412 g/mol. The number of hydrogen-bond donors (Lipinski definition) is 1. The predicted molar refractivity (Wildman–Crippen MR) is 94.9 cm³/mol. The normalized spacial score (nSPS) is 11.2. The molecule has 0 radical (unpaired) electrons. The van der Waals surface area contributed by atoms with E-state index in [0.29, 0.717) is 0 Å². The number of aryl methyl sites for hydroxylation is 1. The van der Waals surface area contributed by atoms with Gasteiger partial charge in [-0.3, -0.25) is 4.79 Å². The summed E-state index contributed by atoms with van der Waals surface area (Å²) < 4.78 is 32.5. The first-order valence-corrected chi connectivity index (χ1v) is 9.61. The quantitative estimate of drug-likeness (QED) is 0.710. The van der Waals surface area contributed by atoms with Gasteiger partial charge >= 0.3 is 5.97 Å². The summed E-state index contributed by atoms with van der Waals surface area (Å²) in [5, 5.41) is 0. The van der Waals surface area contributed by atoms with Crippen molar-refractivity contribution in [2.24, 2.45) is 0 Å². The number of halogens is 1. The van der Waals surface area contributed by atoms with E-state index in [9.17, 15) is 13.2 Å². The van der Waals surface area contributed by atoms with E-state index in [4.69, 9.17) is 4.74 Å². The molecule has 0 heterocycles. The molecular formula is C17H18BrNO4S. The second-order valence-corrected chi connectivity index (χ2v) is 7.87. The summed E-state index contributed by atoms with van der Waals surface area (Å²) in [7, 11) is -3.63. The van der Waals surface area contributed by atoms with Gasteiger partial charge in [0, 0.05) is 11.0 Å². The Hall–Kier alpha value is -1.70. The summed E-state index contributed by atoms with van der Waals surface area (Å²) in [6.07, 6.45) is -0.0262. The molecule has 1 N–H and O–H groups in total. The Kier molecular flexibility index (Phi) is 6.53. The molecule has 0 saturated heterocycles. The number of hydrogen-bond acceptors (Lipinski definition) is 4. The van der Waals surface area contributed by atoms with E-state index >= 15 is 0 Å². The molecular weight excluding hydrogens is 394 g/mol. The van der Waals surface area contributed by atoms with Gasteiger partial charge in [-0.1, -0.05) is 40.2 Å². The lowest BCUT2D eigenvalue weighted by Crippen LogP contribution is -2.26. The zero-order valence-electron chi connectivity index (χ0n) is 13.2. The van der Waals surface area contributed by atoms with E-state index in [2.05, 4.69) is 20.7 Å². The number of rotatable bonds is 7. The third kappa shape index (κ3) is 5.43. The smallest absolute Gasteiger partial charge is 0.307 e. The fraction of sp³-hybridized carbons (Fsp3) is 0.235. The van der Waals surface area contributed by atoms with Crippen LogP contribution in [0.1, 0.15) is 17.5 Å². The van der Waals surface area contributed by atoms with Gasteiger partial charge in [-0.05, 0) is 42.3 Å². The van der Waals surface area contributed by atoms with Crippen LogP contribution >= 0.6 is 15.9 Å². The second kappa shape index (κ2) is 8.41. The second-order valence-electron chi connectivity index (χ2n) is 5.19. The molecule has 24 heavy (non-hydrogen) atoms. The van der Waals surface area contributed by atoms with Crippen LogP contribution in [0.25, 0.3) is 0 Å². The lowest BCUT2D eigenvalue weighted by molar-refractivity contribution is -0.144. The Morgan fingerprint density at radius 2 is 1.79 bits per heavy atom. The van der Waals surface area contributed by atoms with Crippen molar-refractivity contribution in [1.82, 2.24) is 4.72 Å². The molecule has 2 rings (SSSR count). The summed E-state index contributed by atoms with van der Waals surface area (Å²) in [5.74, 6) is -0.447. The summed E-state index contributed by atoms with van der Waals surface area (Å²) in [4.78, 5) is 11.9. The van der Waals surface area contributed by atoms with E-state index in [1.54, 1.807) is 12.1 Å². The van der Waals surface area contributed by atoms with Crippen molar-refractivity contribution < 1.29 is 17.9 Å². The maximum Gasteiger partial charge on any atom is 0.307 e. The average Bonchev–Trinajstić information content (AvgIpc) is 2.54. The zero-order valence-corrected chi connectivity index (χ0v) is 15.6. The van der Waals surface area contributed by atoms with Gasteiger partial charge in [0.1, 0.15) is 6.61 Å². The fourth-order valence-electron chi connectivity index (χ4n) is 1.99. The summed E-state index contributed by atoms with van der Waals surface area (Å²) in [5.41, 5.74) is 1.97. The molecule has 0 aromatic heterocycles. The van der Waals surface area contributed by atoms with Crippen molar-refractivity contribution in [2.75, 3.05) is 6.54 Å². The molecule has 0 aliphatic heterocycles. The molecule has 0 fully saturated rings. The molecule has 7 heteroatoms. The van der Waals surface area contributed by atoms with E-state index in [1.165, 1.54) is 12.1 Å². The highest BCUT2D eigenvalue weighted by Crippen LogP contribution is 2.14. The maximum absolute atomic E-state index is 12.1. The zero-order chi connectivity index (χ0) is 17.6. The molecule has 0 bridgehead atoms. The summed E-state index contributed by atoms with van der Waals surface area (Å²) in [6.45, 7) is 2.12. The molecule has 2 aromatic rings. The van der Waals surface area contributed by atoms with Crippen molar-refractivity contribution in [3.8, 4) is 0 Å². The van der Waals surface area contributed by atoms with E-state index in [-0.39, 0.29) is 24.5 Å². The van der Waals surface area contributed by atoms with E-state index < -0.39 is 16.0 Å². The molecule has 0 saturated carbocycles. The molecule has 0 aliphatic carbocycles. The van der Waals surface area contributed by atoms with E-state index in [1.807, 2.05) is 31.2 Å². The van der Waals surface area contributed by atoms with Crippen LogP contribution in [0.5, 0.6) is 0 Å². The third-order valence-corrected chi connectivity index (χ3v) is 5.40. The fourth-order valence-corrected chi connectivity index (χ4v) is 3.28. The first kappa shape index (κ1) is 18.6. The van der Waals surface area contributed by atoms with Gasteiger partial charge in [0.05, 0.1) is 11.3 Å². The Morgan fingerprint density at radius 3 is 2.46 bits per heavy atom. The van der Waals surface area contributed by atoms with Gasteiger partial charge in [0.25, 0.3) is 0 Å². The molecule has 128 valence electrons. The van der Waals surface area contributed by atoms with Crippen molar-refractivity contribution in [2.45, 2.75) is 24.8 Å². The van der Waals surface area contributed by atoms with Crippen LogP contribution in [-0.2, 0) is 26.2 Å². The predicted octanol–water partition coefficient (Wildman–Crippen LogP) is 3.17. The minimum Gasteiger partial charge on any atom is -0.461 e. The van der Waals surface area contributed by atoms with Crippen molar-refractivity contribution in [3.63, 3.8) is 0 Å². The summed E-state index contributed by atoms with van der Waals surface area (Å²) in [6, 6.07) is 13.9. The van der Waals surface area contributed by atoms with Crippen LogP contribution in [0.2, 0.25) is 0 Å². The first-order valence-electron chi connectivity index (χ1n) is 7.34. The number of esters is 1. The number of carbonyl (C=O) groups excluding carboxylic acids is 1. The van der Waals surface area contributed by atoms with Gasteiger partial charge in [-0.15, -0.1) is 0 Å². The van der Waals surface area contributed by atoms with Crippen LogP contribution in [0.3, 0.4) is 0 Å². The number of sulfonamides is 1. The molecule has 0 spiro atoms. The molecule has 0 amide bonds. The Bertz CT molecular complexity index is 804. The molecule has 0 aliphatic rings. The molecule has 0 atom stereocenters. The third-order valence-electron chi connectivity index (χ3n) is 3.40. The molecule has 5 nitrogen and oxygen atoms in total. The highest BCUT2D eigenvalue weighted by molar-refractivity contribution is 9.10. The maximum atomic E-state index is 12.1. The molecule has 2 aromatic carbocycles. The van der Waals surface area contributed by atoms with Crippen LogP contribution < -0.4 is 4.72 Å². The van der Waals surface area contributed by atoms with Crippen LogP contribution in [0, 0.1) is 6.92 Å². The van der Waals surface area contributed by atoms with Crippen LogP contribution in [0.15, 0.2) is 57.9 Å². The monoisotopic (exact) mass is 411 g/mol. The molecule has 0 unspecified atom stereocenters. The van der Waals surface area contributed by atoms with Gasteiger partial charge in [0.15, 0.2) is 0 Å². The van der Waals surface area contributed by atoms with Gasteiger partial charge in [0.2, 0.25) is 10.0 Å². The minimum absolute atomic E-state index is 0.00893. The Morgan fingerprint density at radius 1 is 1.12 bits per heavy atom. The minimum atomic E-state index is -3.63. The van der Waals surface area contributed by atoms with Gasteiger partial charge in [-0.2, -0.15) is 0 Å². The van der Waals surface area contributed by atoms with Crippen molar-refractivity contribution in [1.29, 1.82) is 0 Å². The standard InChI is InChI=1S/C17H18BrNO4S/c1-13-4-2-3-5-14(13)12-23-17(20)10-11-19-24(21,22)16-8-6-15(18)7-9-16/h2-9,19H,10-12H2,1H3. The Balaban J connectivity index is 1.80. The van der Waals surface area contributed by atoms with Crippen molar-refractivity contribution >= 4 is 31.9 Å². The number of benzene rings is 2.